The Morgan fingerprint density at radius 3 is 2.43 bits per heavy atom. The van der Waals surface area contributed by atoms with Crippen LogP contribution in [0.2, 0.25) is 0 Å². The Bertz CT molecular complexity index is 564. The maximum Gasteiger partial charge on any atom is 0.240 e. The molecule has 1 aromatic carbocycles. The van der Waals surface area contributed by atoms with Gasteiger partial charge in [-0.1, -0.05) is 43.8 Å². The fourth-order valence-corrected chi connectivity index (χ4v) is 3.16. The molecule has 2 rings (SSSR count). The number of amidine groups is 1. The molecule has 112 valence electrons. The van der Waals surface area contributed by atoms with Gasteiger partial charge in [-0.25, -0.2) is 0 Å². The van der Waals surface area contributed by atoms with Gasteiger partial charge in [-0.15, -0.1) is 0 Å². The molecule has 2 amide bonds. The van der Waals surface area contributed by atoms with Crippen molar-refractivity contribution < 1.29 is 9.59 Å². The highest BCUT2D eigenvalue weighted by Gasteiger charge is 2.31. The number of carbonyl (C=O) groups is 2. The Morgan fingerprint density at radius 1 is 1.33 bits per heavy atom. The van der Waals surface area contributed by atoms with Gasteiger partial charge in [-0.05, 0) is 24.0 Å². The van der Waals surface area contributed by atoms with Crippen molar-refractivity contribution >= 4 is 34.4 Å². The molecule has 1 aliphatic heterocycles. The number of hydrogen-bond donors (Lipinski definition) is 3. The normalized spacial score (nSPS) is 17.7. The van der Waals surface area contributed by atoms with Crippen LogP contribution in [0.4, 0.5) is 5.69 Å². The van der Waals surface area contributed by atoms with Gasteiger partial charge in [0.2, 0.25) is 11.8 Å². The smallest absolute Gasteiger partial charge is 0.240 e. The van der Waals surface area contributed by atoms with Crippen LogP contribution in [0.15, 0.2) is 18.2 Å². The summed E-state index contributed by atoms with van der Waals surface area (Å²) in [5.74, 6) is -0.451. The number of anilines is 1. The van der Waals surface area contributed by atoms with Gasteiger partial charge in [0.1, 0.15) is 5.25 Å². The second kappa shape index (κ2) is 6.76. The standard InChI is InChI=1S/C15H19N3O2S/c1-3-9-6-5-7-10(4-2)13(9)17-12(19)8-11-14(20)18-15(16)21-11/h5-7,11H,3-4,8H2,1-2H3,(H,17,19)(H2,16,18,20). The summed E-state index contributed by atoms with van der Waals surface area (Å²) in [6, 6.07) is 6.00. The second-order valence-electron chi connectivity index (χ2n) is 4.84. The molecule has 1 heterocycles. The molecule has 0 spiro atoms. The molecule has 0 saturated carbocycles. The van der Waals surface area contributed by atoms with Gasteiger partial charge in [-0.2, -0.15) is 0 Å². The first-order valence-electron chi connectivity index (χ1n) is 7.01. The van der Waals surface area contributed by atoms with Crippen LogP contribution in [0.5, 0.6) is 0 Å². The van der Waals surface area contributed by atoms with Gasteiger partial charge >= 0.3 is 0 Å². The molecule has 5 nitrogen and oxygen atoms in total. The highest BCUT2D eigenvalue weighted by molar-refractivity contribution is 8.15. The molecule has 1 saturated heterocycles. The lowest BCUT2D eigenvalue weighted by atomic mass is 10.0. The van der Waals surface area contributed by atoms with Crippen molar-refractivity contribution in [2.24, 2.45) is 0 Å². The van der Waals surface area contributed by atoms with E-state index in [0.717, 1.165) is 41.4 Å². The molecule has 1 unspecified atom stereocenters. The number of para-hydroxylation sites is 1. The topological polar surface area (TPSA) is 82.1 Å². The van der Waals surface area contributed by atoms with E-state index in [1.54, 1.807) is 0 Å². The van der Waals surface area contributed by atoms with Gasteiger partial charge in [-0.3, -0.25) is 15.0 Å². The van der Waals surface area contributed by atoms with E-state index in [4.69, 9.17) is 5.41 Å². The Hall–Kier alpha value is -1.82. The van der Waals surface area contributed by atoms with Crippen LogP contribution in [-0.4, -0.2) is 22.2 Å². The molecule has 0 aliphatic carbocycles. The Kier molecular flexibility index (Phi) is 5.01. The lowest BCUT2D eigenvalue weighted by Crippen LogP contribution is -2.28. The highest BCUT2D eigenvalue weighted by atomic mass is 32.2. The zero-order valence-corrected chi connectivity index (χ0v) is 13.0. The molecular weight excluding hydrogens is 286 g/mol. The molecule has 6 heteroatoms. The van der Waals surface area contributed by atoms with E-state index in [1.165, 1.54) is 0 Å². The zero-order chi connectivity index (χ0) is 15.4. The molecule has 1 fully saturated rings. The number of rotatable bonds is 5. The zero-order valence-electron chi connectivity index (χ0n) is 12.2. The number of aryl methyl sites for hydroxylation is 2. The summed E-state index contributed by atoms with van der Waals surface area (Å²) in [7, 11) is 0. The summed E-state index contributed by atoms with van der Waals surface area (Å²) < 4.78 is 0. The van der Waals surface area contributed by atoms with Crippen molar-refractivity contribution in [1.29, 1.82) is 5.41 Å². The third-order valence-corrected chi connectivity index (χ3v) is 4.43. The van der Waals surface area contributed by atoms with E-state index in [9.17, 15) is 9.59 Å². The minimum Gasteiger partial charge on any atom is -0.326 e. The van der Waals surface area contributed by atoms with Crippen molar-refractivity contribution in [3.8, 4) is 0 Å². The van der Waals surface area contributed by atoms with Crippen molar-refractivity contribution in [3.63, 3.8) is 0 Å². The van der Waals surface area contributed by atoms with Crippen LogP contribution in [-0.2, 0) is 22.4 Å². The lowest BCUT2D eigenvalue weighted by molar-refractivity contribution is -0.122. The largest absolute Gasteiger partial charge is 0.326 e. The molecule has 1 atom stereocenters. The third-order valence-electron chi connectivity index (χ3n) is 3.42. The minimum atomic E-state index is -0.503. The van der Waals surface area contributed by atoms with Gasteiger partial charge < -0.3 is 10.6 Å². The van der Waals surface area contributed by atoms with E-state index < -0.39 is 5.25 Å². The monoisotopic (exact) mass is 305 g/mol. The molecule has 1 aliphatic rings. The molecule has 0 bridgehead atoms. The van der Waals surface area contributed by atoms with Gasteiger partial charge in [0.15, 0.2) is 5.17 Å². The third kappa shape index (κ3) is 3.64. The summed E-state index contributed by atoms with van der Waals surface area (Å²) in [6.45, 7) is 4.10. The predicted molar refractivity (Wildman–Crippen MR) is 85.7 cm³/mol. The Morgan fingerprint density at radius 2 is 1.95 bits per heavy atom. The number of thioether (sulfide) groups is 1. The quantitative estimate of drug-likeness (QED) is 0.780. The van der Waals surface area contributed by atoms with Crippen molar-refractivity contribution in [2.45, 2.75) is 38.4 Å². The second-order valence-corrected chi connectivity index (χ2v) is 6.05. The molecule has 0 radical (unpaired) electrons. The van der Waals surface area contributed by atoms with Gasteiger partial charge in [0, 0.05) is 12.1 Å². The fourth-order valence-electron chi connectivity index (χ4n) is 2.31. The number of nitrogens with one attached hydrogen (secondary N) is 3. The molecule has 1 aromatic rings. The Balaban J connectivity index is 2.09. The summed E-state index contributed by atoms with van der Waals surface area (Å²) in [6.07, 6.45) is 1.76. The average Bonchev–Trinajstić information content (AvgIpc) is 2.76. The summed E-state index contributed by atoms with van der Waals surface area (Å²) in [5.41, 5.74) is 3.06. The first kappa shape index (κ1) is 15.6. The van der Waals surface area contributed by atoms with Crippen LogP contribution in [0.3, 0.4) is 0 Å². The summed E-state index contributed by atoms with van der Waals surface area (Å²) >= 11 is 1.09. The first-order chi connectivity index (χ1) is 10.0. The molecule has 3 N–H and O–H groups in total. The fraction of sp³-hybridized carbons (Fsp3) is 0.400. The van der Waals surface area contributed by atoms with Crippen molar-refractivity contribution in [1.82, 2.24) is 5.32 Å². The maximum absolute atomic E-state index is 12.2. The van der Waals surface area contributed by atoms with Crippen molar-refractivity contribution in [3.05, 3.63) is 29.3 Å². The SMILES string of the molecule is CCc1cccc(CC)c1NC(=O)CC1SC(=N)NC1=O. The molecular formula is C15H19N3O2S. The highest BCUT2D eigenvalue weighted by Crippen LogP contribution is 2.25. The van der Waals surface area contributed by atoms with Crippen LogP contribution < -0.4 is 10.6 Å². The molecule has 21 heavy (non-hydrogen) atoms. The maximum atomic E-state index is 12.2. The van der Waals surface area contributed by atoms with E-state index in [0.29, 0.717) is 0 Å². The van der Waals surface area contributed by atoms with E-state index in [1.807, 2.05) is 32.0 Å². The predicted octanol–water partition coefficient (Wildman–Crippen LogP) is 2.31. The number of benzene rings is 1. The number of amides is 2. The van der Waals surface area contributed by atoms with E-state index >= 15 is 0 Å². The average molecular weight is 305 g/mol. The molecule has 0 aromatic heterocycles. The van der Waals surface area contributed by atoms with E-state index in [2.05, 4.69) is 10.6 Å². The Labute approximate surface area is 128 Å². The van der Waals surface area contributed by atoms with Crippen LogP contribution in [0.25, 0.3) is 0 Å². The number of carbonyl (C=O) groups excluding carboxylic acids is 2. The van der Waals surface area contributed by atoms with Crippen LogP contribution in [0.1, 0.15) is 31.4 Å². The van der Waals surface area contributed by atoms with Gasteiger partial charge in [0.25, 0.3) is 0 Å². The van der Waals surface area contributed by atoms with Crippen LogP contribution in [0, 0.1) is 5.41 Å². The van der Waals surface area contributed by atoms with Gasteiger partial charge in [0.05, 0.1) is 0 Å². The van der Waals surface area contributed by atoms with Crippen LogP contribution >= 0.6 is 11.8 Å². The van der Waals surface area contributed by atoms with Crippen molar-refractivity contribution in [2.75, 3.05) is 5.32 Å². The summed E-state index contributed by atoms with van der Waals surface area (Å²) in [5, 5.41) is 12.4. The number of hydrogen-bond acceptors (Lipinski definition) is 4. The first-order valence-corrected chi connectivity index (χ1v) is 7.89. The summed E-state index contributed by atoms with van der Waals surface area (Å²) in [4.78, 5) is 23.7. The lowest BCUT2D eigenvalue weighted by Gasteiger charge is -2.15. The minimum absolute atomic E-state index is 0.0834. The van der Waals surface area contributed by atoms with E-state index in [-0.39, 0.29) is 23.4 Å².